The second-order valence-corrected chi connectivity index (χ2v) is 10.9. The smallest absolute Gasteiger partial charge is 0.289 e. The molecule has 12 heteroatoms. The average molecular weight is 548 g/mol. The quantitative estimate of drug-likeness (QED) is 0.286. The summed E-state index contributed by atoms with van der Waals surface area (Å²) in [4.78, 5) is 56.0. The van der Waals surface area contributed by atoms with Crippen molar-refractivity contribution in [3.05, 3.63) is 45.4 Å². The first-order valence-corrected chi connectivity index (χ1v) is 13.5. The first-order valence-electron chi connectivity index (χ1n) is 12.2. The molecule has 2 heterocycles. The number of benzene rings is 1. The van der Waals surface area contributed by atoms with Gasteiger partial charge in [0.1, 0.15) is 6.23 Å². The van der Waals surface area contributed by atoms with Gasteiger partial charge in [-0.25, -0.2) is 4.98 Å². The predicted molar refractivity (Wildman–Crippen MR) is 139 cm³/mol. The highest BCUT2D eigenvalue weighted by atomic mass is 35.5. The van der Waals surface area contributed by atoms with Crippen LogP contribution in [0.15, 0.2) is 29.1 Å². The first-order chi connectivity index (χ1) is 17.6. The van der Waals surface area contributed by atoms with E-state index in [-0.39, 0.29) is 46.6 Å². The number of Topliss-reactive ketones (excluding diaryl/α,β-unsaturated/α-hetero) is 1. The van der Waals surface area contributed by atoms with Gasteiger partial charge in [0, 0.05) is 28.4 Å². The van der Waals surface area contributed by atoms with Crippen molar-refractivity contribution in [2.24, 2.45) is 5.92 Å². The maximum Gasteiger partial charge on any atom is 0.289 e. The van der Waals surface area contributed by atoms with Crippen LogP contribution in [0.2, 0.25) is 5.02 Å². The molecule has 10 nitrogen and oxygen atoms in total. The van der Waals surface area contributed by atoms with E-state index in [2.05, 4.69) is 26.3 Å². The molecule has 0 spiro atoms. The molecule has 3 amide bonds. The second-order valence-electron chi connectivity index (χ2n) is 9.70. The van der Waals surface area contributed by atoms with Crippen molar-refractivity contribution in [2.75, 3.05) is 5.32 Å². The maximum atomic E-state index is 13.4. The summed E-state index contributed by atoms with van der Waals surface area (Å²) in [5, 5.41) is 23.4. The van der Waals surface area contributed by atoms with Crippen molar-refractivity contribution in [1.29, 1.82) is 0 Å². The van der Waals surface area contributed by atoms with E-state index in [1.165, 1.54) is 29.5 Å². The van der Waals surface area contributed by atoms with E-state index in [9.17, 15) is 24.3 Å². The minimum Gasteiger partial charge on any atom is -0.378 e. The van der Waals surface area contributed by atoms with Crippen molar-refractivity contribution >= 4 is 52.1 Å². The molecule has 0 bridgehead atoms. The number of rotatable bonds is 10. The van der Waals surface area contributed by atoms with E-state index in [0.29, 0.717) is 12.1 Å². The normalized spacial score (nSPS) is 22.6. The van der Waals surface area contributed by atoms with E-state index in [1.807, 2.05) is 6.92 Å². The maximum absolute atomic E-state index is 13.4. The van der Waals surface area contributed by atoms with Crippen LogP contribution in [0.5, 0.6) is 0 Å². The summed E-state index contributed by atoms with van der Waals surface area (Å²) in [6, 6.07) is 3.26. The molecule has 1 saturated carbocycles. The molecule has 1 saturated heterocycles. The van der Waals surface area contributed by atoms with Crippen LogP contribution in [0.1, 0.15) is 61.5 Å². The van der Waals surface area contributed by atoms with E-state index in [4.69, 9.17) is 11.6 Å². The topological polar surface area (TPSA) is 150 Å². The number of anilines is 1. The lowest BCUT2D eigenvalue weighted by atomic mass is 9.93. The standard InChI is InChI=1S/C25H30ClN5O5S/c1-12-7-14(23(34)28-12)8-19(21(32)25(36)29-16-4-5-16)31-24(35)17-9-15(26)3-6-18(17)30-22(33)13(2)20-10-37-11-27-20/h3,6,9-14,16,19,23,28,34H,4-5,7-8H2,1-2H3,(H,29,36)(H,30,33)(H,31,35)/t12-,13?,14+,19+,23?/m1/s1. The molecule has 2 fully saturated rings. The number of ketones is 1. The van der Waals surface area contributed by atoms with Gasteiger partial charge in [-0.2, -0.15) is 0 Å². The zero-order valence-electron chi connectivity index (χ0n) is 20.5. The Balaban J connectivity index is 1.53. The van der Waals surface area contributed by atoms with Gasteiger partial charge in [-0.3, -0.25) is 24.5 Å². The Morgan fingerprint density at radius 3 is 2.65 bits per heavy atom. The fourth-order valence-electron chi connectivity index (χ4n) is 4.34. The molecule has 5 N–H and O–H groups in total. The van der Waals surface area contributed by atoms with Crippen LogP contribution < -0.4 is 21.3 Å². The Morgan fingerprint density at radius 1 is 1.27 bits per heavy atom. The van der Waals surface area contributed by atoms with E-state index in [0.717, 1.165) is 12.8 Å². The van der Waals surface area contributed by atoms with E-state index >= 15 is 0 Å². The predicted octanol–water partition coefficient (Wildman–Crippen LogP) is 2.19. The van der Waals surface area contributed by atoms with Crippen LogP contribution in [-0.2, 0) is 14.4 Å². The Bertz CT molecular complexity index is 1170. The first kappa shape index (κ1) is 27.2. The van der Waals surface area contributed by atoms with Crippen molar-refractivity contribution < 1.29 is 24.3 Å². The third-order valence-electron chi connectivity index (χ3n) is 6.63. The molecular formula is C25H30ClN5O5S. The van der Waals surface area contributed by atoms with Gasteiger partial charge >= 0.3 is 0 Å². The number of nitrogens with zero attached hydrogens (tertiary/aromatic N) is 1. The Morgan fingerprint density at radius 2 is 2.03 bits per heavy atom. The Labute approximate surface area is 223 Å². The number of aliphatic hydroxyl groups is 1. The van der Waals surface area contributed by atoms with Gasteiger partial charge in [0.2, 0.25) is 11.7 Å². The van der Waals surface area contributed by atoms with Crippen molar-refractivity contribution in [2.45, 2.75) is 69.8 Å². The highest BCUT2D eigenvalue weighted by molar-refractivity contribution is 7.07. The number of carbonyl (C=O) groups is 4. The number of hydrogen-bond acceptors (Lipinski definition) is 8. The van der Waals surface area contributed by atoms with Crippen molar-refractivity contribution in [1.82, 2.24) is 20.9 Å². The summed E-state index contributed by atoms with van der Waals surface area (Å²) < 4.78 is 0. The molecule has 2 aliphatic rings. The number of nitrogens with one attached hydrogen (secondary N) is 4. The monoisotopic (exact) mass is 547 g/mol. The molecule has 37 heavy (non-hydrogen) atoms. The lowest BCUT2D eigenvalue weighted by molar-refractivity contribution is -0.139. The SMILES string of the molecule is CC(C(=O)Nc1ccc(Cl)cc1C(=O)N[C@@H](C[C@@H]1C[C@@H](C)NC1O)C(=O)C(=O)NC1CC1)c1cscn1. The minimum absolute atomic E-state index is 0.0268. The van der Waals surface area contributed by atoms with Gasteiger partial charge in [0.15, 0.2) is 0 Å². The van der Waals surface area contributed by atoms with E-state index < -0.39 is 35.8 Å². The average Bonchev–Trinajstić information content (AvgIpc) is 3.38. The minimum atomic E-state index is -1.17. The lowest BCUT2D eigenvalue weighted by Gasteiger charge is -2.23. The second kappa shape index (κ2) is 11.7. The summed E-state index contributed by atoms with van der Waals surface area (Å²) >= 11 is 7.53. The van der Waals surface area contributed by atoms with Crippen LogP contribution in [0.4, 0.5) is 5.69 Å². The Kier molecular flexibility index (Phi) is 8.58. The fraction of sp³-hybridized carbons (Fsp3) is 0.480. The van der Waals surface area contributed by atoms with Crippen LogP contribution in [0.3, 0.4) is 0 Å². The lowest BCUT2D eigenvalue weighted by Crippen LogP contribution is -2.49. The number of aliphatic hydroxyl groups excluding tert-OH is 1. The highest BCUT2D eigenvalue weighted by Crippen LogP contribution is 2.27. The number of thiazole rings is 1. The molecule has 198 valence electrons. The number of amides is 3. The van der Waals surface area contributed by atoms with Gasteiger partial charge in [-0.15, -0.1) is 11.3 Å². The molecule has 1 aromatic carbocycles. The van der Waals surface area contributed by atoms with Gasteiger partial charge in [0.05, 0.1) is 34.4 Å². The number of hydrogen-bond donors (Lipinski definition) is 5. The van der Waals surface area contributed by atoms with Crippen molar-refractivity contribution in [3.63, 3.8) is 0 Å². The van der Waals surface area contributed by atoms with Crippen LogP contribution in [0, 0.1) is 5.92 Å². The molecule has 4 rings (SSSR count). The molecule has 2 aromatic rings. The van der Waals surface area contributed by atoms with E-state index in [1.54, 1.807) is 17.8 Å². The third kappa shape index (κ3) is 6.92. The molecule has 2 unspecified atom stereocenters. The van der Waals surface area contributed by atoms with Crippen molar-refractivity contribution in [3.8, 4) is 0 Å². The number of carbonyl (C=O) groups excluding carboxylic acids is 4. The molecule has 1 aliphatic carbocycles. The van der Waals surface area contributed by atoms with Crippen LogP contribution in [-0.4, -0.2) is 57.9 Å². The highest BCUT2D eigenvalue weighted by Gasteiger charge is 2.38. The number of aromatic nitrogens is 1. The summed E-state index contributed by atoms with van der Waals surface area (Å²) in [5.74, 6) is -3.49. The zero-order chi connectivity index (χ0) is 26.7. The zero-order valence-corrected chi connectivity index (χ0v) is 22.1. The third-order valence-corrected chi connectivity index (χ3v) is 7.47. The summed E-state index contributed by atoms with van der Waals surface area (Å²) in [7, 11) is 0. The molecule has 1 aromatic heterocycles. The van der Waals surface area contributed by atoms with Gasteiger partial charge in [-0.05, 0) is 57.7 Å². The van der Waals surface area contributed by atoms with Crippen LogP contribution >= 0.6 is 22.9 Å². The summed E-state index contributed by atoms with van der Waals surface area (Å²) in [6.45, 7) is 3.61. The molecule has 5 atom stereocenters. The molecule has 0 radical (unpaired) electrons. The molecule has 1 aliphatic heterocycles. The molecular weight excluding hydrogens is 518 g/mol. The largest absolute Gasteiger partial charge is 0.378 e. The summed E-state index contributed by atoms with van der Waals surface area (Å²) in [5.41, 5.74) is 2.49. The van der Waals surface area contributed by atoms with Crippen LogP contribution in [0.25, 0.3) is 0 Å². The Hall–Kier alpha value is -2.86. The fourth-order valence-corrected chi connectivity index (χ4v) is 5.16. The van der Waals surface area contributed by atoms with Gasteiger partial charge in [0.25, 0.3) is 11.8 Å². The summed E-state index contributed by atoms with van der Waals surface area (Å²) in [6.07, 6.45) is 1.41. The number of halogens is 1. The van der Waals surface area contributed by atoms with Gasteiger partial charge < -0.3 is 21.1 Å². The van der Waals surface area contributed by atoms with Gasteiger partial charge in [-0.1, -0.05) is 11.6 Å².